The van der Waals surface area contributed by atoms with E-state index in [1.807, 2.05) is 0 Å². The molecule has 138 valence electrons. The first-order valence-corrected chi connectivity index (χ1v) is 8.01. The van der Waals surface area contributed by atoms with Crippen LogP contribution in [-0.2, 0) is 12.6 Å². The molecule has 26 heavy (non-hydrogen) atoms. The standard InChI is InChI=1S/C17H17F3N4O2/c1-3-24-14-11(8-10(6-7-25)9-21-14)16(26)23(2)12-4-5-13(17(18,19)20)22-15(12)24/h4-5,8-9,25H,3,6-7H2,1-2H3. The van der Waals surface area contributed by atoms with Gasteiger partial charge in [0.2, 0.25) is 0 Å². The van der Waals surface area contributed by atoms with Crippen LogP contribution in [0, 0.1) is 0 Å². The van der Waals surface area contributed by atoms with E-state index in [1.165, 1.54) is 29.1 Å². The SMILES string of the molecule is CCN1c2ncc(CCO)cc2C(=O)N(C)c2ccc(C(F)(F)F)nc21. The number of fused-ring (bicyclic) bond motifs is 2. The number of carbonyl (C=O) groups excluding carboxylic acids is 1. The minimum absolute atomic E-state index is 0.0272. The minimum atomic E-state index is -4.59. The van der Waals surface area contributed by atoms with Crippen LogP contribution in [0.3, 0.4) is 0 Å². The molecule has 6 nitrogen and oxygen atoms in total. The molecule has 2 aromatic rings. The summed E-state index contributed by atoms with van der Waals surface area (Å²) < 4.78 is 39.3. The normalized spacial score (nSPS) is 14.2. The van der Waals surface area contributed by atoms with Crippen LogP contribution in [0.2, 0.25) is 0 Å². The third-order valence-electron chi connectivity index (χ3n) is 4.19. The third-order valence-corrected chi connectivity index (χ3v) is 4.19. The van der Waals surface area contributed by atoms with E-state index in [0.29, 0.717) is 12.0 Å². The van der Waals surface area contributed by atoms with E-state index in [-0.39, 0.29) is 36.0 Å². The van der Waals surface area contributed by atoms with Crippen molar-refractivity contribution in [1.29, 1.82) is 0 Å². The summed E-state index contributed by atoms with van der Waals surface area (Å²) in [6.07, 6.45) is -2.76. The summed E-state index contributed by atoms with van der Waals surface area (Å²) >= 11 is 0. The molecular formula is C17H17F3N4O2. The highest BCUT2D eigenvalue weighted by Crippen LogP contribution is 2.40. The lowest BCUT2D eigenvalue weighted by Gasteiger charge is -2.24. The molecule has 0 unspecified atom stereocenters. The van der Waals surface area contributed by atoms with E-state index in [9.17, 15) is 18.0 Å². The van der Waals surface area contributed by atoms with Gasteiger partial charge in [0.05, 0.1) is 11.3 Å². The number of aromatic nitrogens is 2. The fourth-order valence-corrected chi connectivity index (χ4v) is 2.89. The molecule has 9 heteroatoms. The molecule has 0 saturated heterocycles. The molecule has 0 aliphatic carbocycles. The van der Waals surface area contributed by atoms with Crippen molar-refractivity contribution in [2.75, 3.05) is 30.0 Å². The predicted molar refractivity (Wildman–Crippen MR) is 89.7 cm³/mol. The van der Waals surface area contributed by atoms with Crippen molar-refractivity contribution in [1.82, 2.24) is 9.97 Å². The van der Waals surface area contributed by atoms with E-state index >= 15 is 0 Å². The highest BCUT2D eigenvalue weighted by molar-refractivity contribution is 6.12. The number of nitrogens with zero attached hydrogens (tertiary/aromatic N) is 4. The highest BCUT2D eigenvalue weighted by Gasteiger charge is 2.36. The van der Waals surface area contributed by atoms with Crippen LogP contribution in [0.5, 0.6) is 0 Å². The van der Waals surface area contributed by atoms with Crippen LogP contribution in [0.1, 0.15) is 28.5 Å². The molecule has 0 spiro atoms. The number of rotatable bonds is 3. The summed E-state index contributed by atoms with van der Waals surface area (Å²) in [5, 5.41) is 9.09. The number of hydrogen-bond acceptors (Lipinski definition) is 5. The van der Waals surface area contributed by atoms with Crippen LogP contribution in [0.4, 0.5) is 30.5 Å². The number of aliphatic hydroxyl groups excluding tert-OH is 1. The molecule has 1 amide bonds. The van der Waals surface area contributed by atoms with E-state index in [0.717, 1.165) is 6.07 Å². The van der Waals surface area contributed by atoms with Crippen molar-refractivity contribution >= 4 is 23.2 Å². The van der Waals surface area contributed by atoms with Crippen molar-refractivity contribution in [2.24, 2.45) is 0 Å². The lowest BCUT2D eigenvalue weighted by molar-refractivity contribution is -0.141. The maximum absolute atomic E-state index is 13.1. The number of aliphatic hydroxyl groups is 1. The summed E-state index contributed by atoms with van der Waals surface area (Å²) in [6.45, 7) is 1.93. The van der Waals surface area contributed by atoms with Gasteiger partial charge in [0, 0.05) is 26.4 Å². The topological polar surface area (TPSA) is 69.6 Å². The van der Waals surface area contributed by atoms with E-state index < -0.39 is 17.8 Å². The summed E-state index contributed by atoms with van der Waals surface area (Å²) in [4.78, 5) is 23.6. The van der Waals surface area contributed by atoms with Gasteiger partial charge in [-0.3, -0.25) is 4.79 Å². The second kappa shape index (κ2) is 6.56. The smallest absolute Gasteiger partial charge is 0.396 e. The summed E-state index contributed by atoms with van der Waals surface area (Å²) in [5.74, 6) is -0.123. The Morgan fingerprint density at radius 2 is 1.96 bits per heavy atom. The van der Waals surface area contributed by atoms with Gasteiger partial charge in [-0.05, 0) is 37.1 Å². The number of alkyl halides is 3. The van der Waals surface area contributed by atoms with Crippen molar-refractivity contribution in [3.8, 4) is 0 Å². The molecule has 1 aliphatic rings. The van der Waals surface area contributed by atoms with E-state index in [2.05, 4.69) is 9.97 Å². The maximum atomic E-state index is 13.1. The molecule has 0 radical (unpaired) electrons. The van der Waals surface area contributed by atoms with Crippen LogP contribution >= 0.6 is 0 Å². The number of hydrogen-bond donors (Lipinski definition) is 1. The molecular weight excluding hydrogens is 349 g/mol. The first-order valence-electron chi connectivity index (χ1n) is 8.01. The average molecular weight is 366 g/mol. The Kier molecular flexibility index (Phi) is 4.57. The Morgan fingerprint density at radius 3 is 2.58 bits per heavy atom. The molecule has 0 saturated carbocycles. The molecule has 3 heterocycles. The molecule has 2 aromatic heterocycles. The highest BCUT2D eigenvalue weighted by atomic mass is 19.4. The molecule has 0 bridgehead atoms. The van der Waals surface area contributed by atoms with Gasteiger partial charge in [-0.2, -0.15) is 13.2 Å². The van der Waals surface area contributed by atoms with Gasteiger partial charge >= 0.3 is 6.18 Å². The number of anilines is 3. The van der Waals surface area contributed by atoms with Crippen molar-refractivity contribution in [3.05, 3.63) is 41.2 Å². The van der Waals surface area contributed by atoms with Gasteiger partial charge in [0.15, 0.2) is 5.82 Å². The lowest BCUT2D eigenvalue weighted by Crippen LogP contribution is -2.26. The lowest BCUT2D eigenvalue weighted by atomic mass is 10.1. The molecule has 0 fully saturated rings. The van der Waals surface area contributed by atoms with Gasteiger partial charge < -0.3 is 14.9 Å². The zero-order valence-corrected chi connectivity index (χ0v) is 14.2. The van der Waals surface area contributed by atoms with Crippen molar-refractivity contribution in [2.45, 2.75) is 19.5 Å². The summed E-state index contributed by atoms with van der Waals surface area (Å²) in [5.41, 5.74) is 0.160. The van der Waals surface area contributed by atoms with Crippen LogP contribution in [0.25, 0.3) is 0 Å². The summed E-state index contributed by atoms with van der Waals surface area (Å²) in [6, 6.07) is 3.71. The quantitative estimate of drug-likeness (QED) is 0.905. The molecule has 1 N–H and O–H groups in total. The predicted octanol–water partition coefficient (Wildman–Crippen LogP) is 2.78. The second-order valence-corrected chi connectivity index (χ2v) is 5.83. The van der Waals surface area contributed by atoms with Gasteiger partial charge in [-0.15, -0.1) is 0 Å². The zero-order chi connectivity index (χ0) is 19.1. The largest absolute Gasteiger partial charge is 0.433 e. The Hall–Kier alpha value is -2.68. The Balaban J connectivity index is 2.23. The van der Waals surface area contributed by atoms with E-state index in [1.54, 1.807) is 13.0 Å². The van der Waals surface area contributed by atoms with Crippen molar-refractivity contribution < 1.29 is 23.1 Å². The second-order valence-electron chi connectivity index (χ2n) is 5.83. The van der Waals surface area contributed by atoms with E-state index in [4.69, 9.17) is 5.11 Å². The van der Waals surface area contributed by atoms with Crippen LogP contribution < -0.4 is 9.80 Å². The maximum Gasteiger partial charge on any atom is 0.433 e. The Morgan fingerprint density at radius 1 is 1.23 bits per heavy atom. The van der Waals surface area contributed by atoms with Gasteiger partial charge in [-0.25, -0.2) is 9.97 Å². The molecule has 3 rings (SSSR count). The van der Waals surface area contributed by atoms with Crippen molar-refractivity contribution in [3.63, 3.8) is 0 Å². The van der Waals surface area contributed by atoms with Gasteiger partial charge in [0.1, 0.15) is 11.5 Å². The van der Waals surface area contributed by atoms with Crippen LogP contribution in [0.15, 0.2) is 24.4 Å². The first kappa shape index (κ1) is 18.1. The monoisotopic (exact) mass is 366 g/mol. The first-order chi connectivity index (χ1) is 12.3. The summed E-state index contributed by atoms with van der Waals surface area (Å²) in [7, 11) is 1.48. The minimum Gasteiger partial charge on any atom is -0.396 e. The number of carbonyl (C=O) groups is 1. The molecule has 1 aliphatic heterocycles. The number of halogens is 3. The fourth-order valence-electron chi connectivity index (χ4n) is 2.89. The molecule has 0 atom stereocenters. The van der Waals surface area contributed by atoms with Gasteiger partial charge in [0.25, 0.3) is 5.91 Å². The average Bonchev–Trinajstić information content (AvgIpc) is 2.69. The third kappa shape index (κ3) is 2.98. The zero-order valence-electron chi connectivity index (χ0n) is 14.2. The number of pyridine rings is 2. The Labute approximate surface area is 147 Å². The molecule has 0 aromatic carbocycles. The van der Waals surface area contributed by atoms with Gasteiger partial charge in [-0.1, -0.05) is 0 Å². The van der Waals surface area contributed by atoms with Crippen LogP contribution in [-0.4, -0.2) is 41.2 Å². The Bertz CT molecular complexity index is 854. The fraction of sp³-hybridized carbons (Fsp3) is 0.353. The number of amides is 1.